The number of rotatable bonds is 7. The zero-order valence-electron chi connectivity index (χ0n) is 12.7. The van der Waals surface area contributed by atoms with Crippen LogP contribution in [-0.4, -0.2) is 38.0 Å². The molecule has 2 aliphatic rings. The summed E-state index contributed by atoms with van der Waals surface area (Å²) >= 11 is 0. The molecule has 0 aromatic carbocycles. The predicted octanol–water partition coefficient (Wildman–Crippen LogP) is 3.13. The maximum Gasteiger partial charge on any atom is 0.0939 e. The highest BCUT2D eigenvalue weighted by Gasteiger charge is 2.40. The Bertz CT molecular complexity index is 245. The summed E-state index contributed by atoms with van der Waals surface area (Å²) in [4.78, 5) is 0. The number of ether oxygens (including phenoxy) is 2. The predicted molar refractivity (Wildman–Crippen MR) is 78.4 cm³/mol. The van der Waals surface area contributed by atoms with E-state index in [1.54, 1.807) is 0 Å². The Kier molecular flexibility index (Phi) is 6.11. The second kappa shape index (κ2) is 7.61. The van der Waals surface area contributed by atoms with Gasteiger partial charge in [0.05, 0.1) is 12.2 Å². The van der Waals surface area contributed by atoms with Crippen molar-refractivity contribution < 1.29 is 9.47 Å². The van der Waals surface area contributed by atoms with Gasteiger partial charge in [-0.2, -0.15) is 0 Å². The normalized spacial score (nSPS) is 32.8. The maximum absolute atomic E-state index is 6.02. The molecular weight excluding hydrogens is 238 g/mol. The molecule has 1 spiro atoms. The van der Waals surface area contributed by atoms with Gasteiger partial charge in [-0.3, -0.25) is 0 Å². The van der Waals surface area contributed by atoms with Gasteiger partial charge in [0, 0.05) is 25.7 Å². The molecule has 2 rings (SSSR count). The first-order chi connectivity index (χ1) is 9.28. The van der Waals surface area contributed by atoms with Crippen LogP contribution in [0.15, 0.2) is 0 Å². The second-order valence-corrected chi connectivity index (χ2v) is 6.31. The van der Waals surface area contributed by atoms with Crippen LogP contribution in [0.5, 0.6) is 0 Å². The van der Waals surface area contributed by atoms with Gasteiger partial charge in [0.15, 0.2) is 0 Å². The van der Waals surface area contributed by atoms with Crippen molar-refractivity contribution in [2.24, 2.45) is 5.92 Å². The SMILES string of the molecule is CCCC(CCC1CCOC2(CCOC2)C1)NCC. The molecule has 3 atom stereocenters. The summed E-state index contributed by atoms with van der Waals surface area (Å²) < 4.78 is 11.6. The van der Waals surface area contributed by atoms with Gasteiger partial charge in [-0.05, 0) is 44.6 Å². The summed E-state index contributed by atoms with van der Waals surface area (Å²) in [6.07, 6.45) is 8.83. The van der Waals surface area contributed by atoms with Gasteiger partial charge in [-0.15, -0.1) is 0 Å². The molecular formula is C16H31NO2. The summed E-state index contributed by atoms with van der Waals surface area (Å²) in [5, 5.41) is 3.63. The molecule has 0 saturated carbocycles. The highest BCUT2D eigenvalue weighted by Crippen LogP contribution is 2.37. The lowest BCUT2D eigenvalue weighted by Crippen LogP contribution is -2.40. The maximum atomic E-state index is 6.02. The van der Waals surface area contributed by atoms with E-state index in [1.165, 1.54) is 38.5 Å². The van der Waals surface area contributed by atoms with Gasteiger partial charge in [-0.1, -0.05) is 20.3 Å². The van der Waals surface area contributed by atoms with Crippen LogP contribution < -0.4 is 5.32 Å². The van der Waals surface area contributed by atoms with Crippen molar-refractivity contribution in [2.75, 3.05) is 26.4 Å². The molecule has 2 saturated heterocycles. The average molecular weight is 269 g/mol. The summed E-state index contributed by atoms with van der Waals surface area (Å²) in [6, 6.07) is 0.716. The third kappa shape index (κ3) is 4.44. The molecule has 0 amide bonds. The van der Waals surface area contributed by atoms with Crippen molar-refractivity contribution in [3.8, 4) is 0 Å². The Hall–Kier alpha value is -0.120. The van der Waals surface area contributed by atoms with E-state index >= 15 is 0 Å². The number of hydrogen-bond acceptors (Lipinski definition) is 3. The number of nitrogens with one attached hydrogen (secondary N) is 1. The highest BCUT2D eigenvalue weighted by molar-refractivity contribution is 4.90. The zero-order valence-corrected chi connectivity index (χ0v) is 12.7. The minimum Gasteiger partial charge on any atom is -0.378 e. The third-order valence-corrected chi connectivity index (χ3v) is 4.72. The Balaban J connectivity index is 1.75. The van der Waals surface area contributed by atoms with Crippen LogP contribution in [0, 0.1) is 5.92 Å². The lowest BCUT2D eigenvalue weighted by atomic mass is 9.82. The molecule has 1 N–H and O–H groups in total. The van der Waals surface area contributed by atoms with Crippen LogP contribution in [0.3, 0.4) is 0 Å². The molecule has 0 bridgehead atoms. The molecule has 0 aliphatic carbocycles. The van der Waals surface area contributed by atoms with Crippen molar-refractivity contribution in [1.29, 1.82) is 0 Å². The van der Waals surface area contributed by atoms with E-state index in [0.29, 0.717) is 6.04 Å². The molecule has 19 heavy (non-hydrogen) atoms. The van der Waals surface area contributed by atoms with Crippen molar-refractivity contribution in [1.82, 2.24) is 5.32 Å². The van der Waals surface area contributed by atoms with Gasteiger partial charge in [0.25, 0.3) is 0 Å². The molecule has 0 aromatic rings. The fourth-order valence-corrected chi connectivity index (χ4v) is 3.66. The fraction of sp³-hybridized carbons (Fsp3) is 1.00. The summed E-state index contributed by atoms with van der Waals surface area (Å²) in [6.45, 7) is 8.24. The number of hydrogen-bond donors (Lipinski definition) is 1. The molecule has 0 aromatic heterocycles. The van der Waals surface area contributed by atoms with Crippen molar-refractivity contribution in [2.45, 2.75) is 70.4 Å². The molecule has 3 heteroatoms. The molecule has 2 aliphatic heterocycles. The van der Waals surface area contributed by atoms with Crippen LogP contribution in [0.25, 0.3) is 0 Å². The van der Waals surface area contributed by atoms with Gasteiger partial charge in [0.1, 0.15) is 0 Å². The minimum absolute atomic E-state index is 0.0847. The summed E-state index contributed by atoms with van der Waals surface area (Å²) in [5.41, 5.74) is 0.0847. The van der Waals surface area contributed by atoms with Crippen LogP contribution in [0.2, 0.25) is 0 Å². The van der Waals surface area contributed by atoms with E-state index in [1.807, 2.05) is 0 Å². The first kappa shape index (κ1) is 15.3. The molecule has 2 heterocycles. The lowest BCUT2D eigenvalue weighted by Gasteiger charge is -2.37. The van der Waals surface area contributed by atoms with E-state index in [2.05, 4.69) is 19.2 Å². The fourth-order valence-electron chi connectivity index (χ4n) is 3.66. The van der Waals surface area contributed by atoms with E-state index in [0.717, 1.165) is 38.7 Å². The molecule has 3 unspecified atom stereocenters. The van der Waals surface area contributed by atoms with Gasteiger partial charge in [0.2, 0.25) is 0 Å². The second-order valence-electron chi connectivity index (χ2n) is 6.31. The zero-order chi connectivity index (χ0) is 13.6. The van der Waals surface area contributed by atoms with E-state index in [9.17, 15) is 0 Å². The Labute approximate surface area is 118 Å². The van der Waals surface area contributed by atoms with Crippen molar-refractivity contribution in [3.05, 3.63) is 0 Å². The standard InChI is InChI=1S/C16H31NO2/c1-3-5-15(17-4-2)7-6-14-8-10-19-16(12-14)9-11-18-13-16/h14-15,17H,3-13H2,1-2H3. The lowest BCUT2D eigenvalue weighted by molar-refractivity contribution is -0.0992. The van der Waals surface area contributed by atoms with E-state index in [4.69, 9.17) is 9.47 Å². The summed E-state index contributed by atoms with van der Waals surface area (Å²) in [5.74, 6) is 0.841. The smallest absolute Gasteiger partial charge is 0.0939 e. The van der Waals surface area contributed by atoms with E-state index < -0.39 is 0 Å². The van der Waals surface area contributed by atoms with Crippen LogP contribution >= 0.6 is 0 Å². The largest absolute Gasteiger partial charge is 0.378 e. The van der Waals surface area contributed by atoms with Gasteiger partial charge in [-0.25, -0.2) is 0 Å². The molecule has 0 radical (unpaired) electrons. The molecule has 112 valence electrons. The van der Waals surface area contributed by atoms with Crippen LogP contribution in [0.4, 0.5) is 0 Å². The first-order valence-corrected chi connectivity index (χ1v) is 8.23. The van der Waals surface area contributed by atoms with Gasteiger partial charge < -0.3 is 14.8 Å². The molecule has 2 fully saturated rings. The quantitative estimate of drug-likeness (QED) is 0.770. The topological polar surface area (TPSA) is 30.5 Å². The summed E-state index contributed by atoms with van der Waals surface area (Å²) in [7, 11) is 0. The van der Waals surface area contributed by atoms with Crippen molar-refractivity contribution >= 4 is 0 Å². The Morgan fingerprint density at radius 3 is 2.84 bits per heavy atom. The Morgan fingerprint density at radius 2 is 2.16 bits per heavy atom. The van der Waals surface area contributed by atoms with Crippen molar-refractivity contribution in [3.63, 3.8) is 0 Å². The third-order valence-electron chi connectivity index (χ3n) is 4.72. The molecule has 3 nitrogen and oxygen atoms in total. The van der Waals surface area contributed by atoms with Gasteiger partial charge >= 0.3 is 0 Å². The van der Waals surface area contributed by atoms with Crippen LogP contribution in [-0.2, 0) is 9.47 Å². The average Bonchev–Trinajstić information content (AvgIpc) is 2.85. The highest BCUT2D eigenvalue weighted by atomic mass is 16.6. The Morgan fingerprint density at radius 1 is 1.26 bits per heavy atom. The first-order valence-electron chi connectivity index (χ1n) is 8.23. The monoisotopic (exact) mass is 269 g/mol. The minimum atomic E-state index is 0.0847. The van der Waals surface area contributed by atoms with E-state index in [-0.39, 0.29) is 5.60 Å². The van der Waals surface area contributed by atoms with Crippen LogP contribution in [0.1, 0.15) is 58.8 Å².